The Morgan fingerprint density at radius 2 is 2.00 bits per heavy atom. The summed E-state index contributed by atoms with van der Waals surface area (Å²) in [6, 6.07) is 0. The lowest BCUT2D eigenvalue weighted by Crippen LogP contribution is -2.07. The summed E-state index contributed by atoms with van der Waals surface area (Å²) in [5.74, 6) is 0. The van der Waals surface area contributed by atoms with Gasteiger partial charge in [0.25, 0.3) is 0 Å². The predicted octanol–water partition coefficient (Wildman–Crippen LogP) is 2.13. The van der Waals surface area contributed by atoms with Gasteiger partial charge in [-0.15, -0.1) is 0 Å². The number of rotatable bonds is 5. The molecule has 1 atom stereocenters. The molecule has 1 rings (SSSR count). The van der Waals surface area contributed by atoms with Gasteiger partial charge in [-0.25, -0.2) is 0 Å². The van der Waals surface area contributed by atoms with Gasteiger partial charge in [-0.1, -0.05) is 13.3 Å². The number of aromatic nitrogens is 2. The molecule has 0 spiro atoms. The highest BCUT2D eigenvalue weighted by molar-refractivity contribution is 5.24. The number of nitrogens with zero attached hydrogens (tertiary/aromatic N) is 2. The second-order valence-corrected chi connectivity index (χ2v) is 4.25. The summed E-state index contributed by atoms with van der Waals surface area (Å²) in [4.78, 5) is 0. The fraction of sp³-hybridized carbons (Fsp3) is 0.750. The highest BCUT2D eigenvalue weighted by atomic mass is 16.3. The molecule has 3 heteroatoms. The zero-order chi connectivity index (χ0) is 11.4. The van der Waals surface area contributed by atoms with E-state index in [1.165, 1.54) is 11.3 Å². The first-order valence-corrected chi connectivity index (χ1v) is 5.73. The van der Waals surface area contributed by atoms with Crippen LogP contribution in [0.1, 0.15) is 43.1 Å². The molecule has 0 saturated heterocycles. The first-order chi connectivity index (χ1) is 7.06. The summed E-state index contributed by atoms with van der Waals surface area (Å²) < 4.78 is 1.91. The molecule has 0 aromatic carbocycles. The Morgan fingerprint density at radius 1 is 1.33 bits per heavy atom. The van der Waals surface area contributed by atoms with Crippen molar-refractivity contribution in [2.45, 2.75) is 52.6 Å². The molecule has 15 heavy (non-hydrogen) atoms. The van der Waals surface area contributed by atoms with Crippen molar-refractivity contribution in [3.8, 4) is 0 Å². The van der Waals surface area contributed by atoms with Crippen LogP contribution in [0.3, 0.4) is 0 Å². The van der Waals surface area contributed by atoms with E-state index < -0.39 is 0 Å². The average molecular weight is 210 g/mol. The lowest BCUT2D eigenvalue weighted by atomic mass is 10.0. The van der Waals surface area contributed by atoms with Crippen molar-refractivity contribution >= 4 is 0 Å². The molecule has 0 amide bonds. The third kappa shape index (κ3) is 3.06. The maximum atomic E-state index is 9.67. The zero-order valence-electron chi connectivity index (χ0n) is 10.2. The van der Waals surface area contributed by atoms with Gasteiger partial charge in [0.15, 0.2) is 0 Å². The van der Waals surface area contributed by atoms with Crippen molar-refractivity contribution in [3.05, 3.63) is 17.0 Å². The van der Waals surface area contributed by atoms with Gasteiger partial charge in [0.1, 0.15) is 0 Å². The number of aliphatic hydroxyl groups excluding tert-OH is 1. The van der Waals surface area contributed by atoms with Crippen molar-refractivity contribution in [2.75, 3.05) is 0 Å². The normalized spacial score (nSPS) is 13.1. The van der Waals surface area contributed by atoms with Gasteiger partial charge in [0, 0.05) is 12.7 Å². The molecule has 1 unspecified atom stereocenters. The minimum absolute atomic E-state index is 0.158. The second-order valence-electron chi connectivity index (χ2n) is 4.25. The van der Waals surface area contributed by atoms with Gasteiger partial charge >= 0.3 is 0 Å². The SMILES string of the molecule is CCCC(O)CCc1c(C)nn(C)c1C. The van der Waals surface area contributed by atoms with Gasteiger partial charge in [-0.05, 0) is 38.7 Å². The molecule has 0 bridgehead atoms. The van der Waals surface area contributed by atoms with E-state index >= 15 is 0 Å². The van der Waals surface area contributed by atoms with E-state index in [0.717, 1.165) is 31.4 Å². The van der Waals surface area contributed by atoms with E-state index in [1.54, 1.807) is 0 Å². The third-order valence-corrected chi connectivity index (χ3v) is 3.01. The minimum atomic E-state index is -0.158. The molecule has 1 heterocycles. The van der Waals surface area contributed by atoms with E-state index in [0.29, 0.717) is 0 Å². The molecule has 86 valence electrons. The van der Waals surface area contributed by atoms with Gasteiger partial charge in [-0.2, -0.15) is 5.10 Å². The zero-order valence-corrected chi connectivity index (χ0v) is 10.2. The molecule has 0 aliphatic carbocycles. The van der Waals surface area contributed by atoms with Crippen LogP contribution in [0.2, 0.25) is 0 Å². The Morgan fingerprint density at radius 3 is 2.47 bits per heavy atom. The number of hydrogen-bond donors (Lipinski definition) is 1. The lowest BCUT2D eigenvalue weighted by Gasteiger charge is -2.08. The monoisotopic (exact) mass is 210 g/mol. The summed E-state index contributed by atoms with van der Waals surface area (Å²) in [5, 5.41) is 14.0. The van der Waals surface area contributed by atoms with Gasteiger partial charge in [-0.3, -0.25) is 4.68 Å². The number of aryl methyl sites for hydroxylation is 2. The molecule has 1 aromatic rings. The van der Waals surface area contributed by atoms with E-state index in [1.807, 2.05) is 18.7 Å². The predicted molar refractivity (Wildman–Crippen MR) is 61.9 cm³/mol. The maximum absolute atomic E-state index is 9.67. The van der Waals surface area contributed by atoms with Crippen molar-refractivity contribution in [1.29, 1.82) is 0 Å². The fourth-order valence-electron chi connectivity index (χ4n) is 1.97. The quantitative estimate of drug-likeness (QED) is 0.808. The van der Waals surface area contributed by atoms with E-state index in [2.05, 4.69) is 18.9 Å². The van der Waals surface area contributed by atoms with Gasteiger partial charge < -0.3 is 5.11 Å². The molecule has 0 aliphatic rings. The molecule has 0 aliphatic heterocycles. The van der Waals surface area contributed by atoms with Crippen LogP contribution in [0.15, 0.2) is 0 Å². The molecule has 0 radical (unpaired) electrons. The molecular formula is C12H22N2O. The minimum Gasteiger partial charge on any atom is -0.393 e. The summed E-state index contributed by atoms with van der Waals surface area (Å²) in [6.07, 6.45) is 3.58. The van der Waals surface area contributed by atoms with Crippen molar-refractivity contribution in [2.24, 2.45) is 7.05 Å². The van der Waals surface area contributed by atoms with E-state index in [-0.39, 0.29) is 6.10 Å². The van der Waals surface area contributed by atoms with Crippen molar-refractivity contribution < 1.29 is 5.11 Å². The van der Waals surface area contributed by atoms with Crippen molar-refractivity contribution in [3.63, 3.8) is 0 Å². The highest BCUT2D eigenvalue weighted by Crippen LogP contribution is 2.16. The number of hydrogen-bond acceptors (Lipinski definition) is 2. The standard InChI is InChI=1S/C12H22N2O/c1-5-6-11(15)7-8-12-9(2)13-14(4)10(12)3/h11,15H,5-8H2,1-4H3. The molecule has 1 N–H and O–H groups in total. The number of aliphatic hydroxyl groups is 1. The Kier molecular flexibility index (Phi) is 4.33. The fourth-order valence-corrected chi connectivity index (χ4v) is 1.97. The van der Waals surface area contributed by atoms with Crippen molar-refractivity contribution in [1.82, 2.24) is 9.78 Å². The summed E-state index contributed by atoms with van der Waals surface area (Å²) in [6.45, 7) is 6.22. The van der Waals surface area contributed by atoms with Gasteiger partial charge in [0.2, 0.25) is 0 Å². The smallest absolute Gasteiger partial charge is 0.0628 e. The summed E-state index contributed by atoms with van der Waals surface area (Å²) in [5.41, 5.74) is 3.61. The Hall–Kier alpha value is -0.830. The third-order valence-electron chi connectivity index (χ3n) is 3.01. The summed E-state index contributed by atoms with van der Waals surface area (Å²) >= 11 is 0. The van der Waals surface area contributed by atoms with Crippen LogP contribution >= 0.6 is 0 Å². The van der Waals surface area contributed by atoms with Crippen LogP contribution < -0.4 is 0 Å². The first kappa shape index (κ1) is 12.2. The van der Waals surface area contributed by atoms with Crippen LogP contribution in [0.25, 0.3) is 0 Å². The Balaban J connectivity index is 2.57. The van der Waals surface area contributed by atoms with Crippen LogP contribution in [-0.4, -0.2) is 21.0 Å². The molecule has 0 saturated carbocycles. The molecule has 0 fully saturated rings. The Bertz CT molecular complexity index is 318. The van der Waals surface area contributed by atoms with E-state index in [4.69, 9.17) is 0 Å². The van der Waals surface area contributed by atoms with Crippen LogP contribution in [0.4, 0.5) is 0 Å². The van der Waals surface area contributed by atoms with Crippen LogP contribution in [0.5, 0.6) is 0 Å². The average Bonchev–Trinajstić information content (AvgIpc) is 2.40. The molecular weight excluding hydrogens is 188 g/mol. The van der Waals surface area contributed by atoms with E-state index in [9.17, 15) is 5.11 Å². The van der Waals surface area contributed by atoms with Gasteiger partial charge in [0.05, 0.1) is 11.8 Å². The maximum Gasteiger partial charge on any atom is 0.0628 e. The van der Waals surface area contributed by atoms with Crippen LogP contribution in [-0.2, 0) is 13.5 Å². The topological polar surface area (TPSA) is 38.1 Å². The lowest BCUT2D eigenvalue weighted by molar-refractivity contribution is 0.154. The largest absolute Gasteiger partial charge is 0.393 e. The van der Waals surface area contributed by atoms with Crippen LogP contribution in [0, 0.1) is 13.8 Å². The molecule has 1 aromatic heterocycles. The Labute approximate surface area is 92.1 Å². The second kappa shape index (κ2) is 5.31. The summed E-state index contributed by atoms with van der Waals surface area (Å²) in [7, 11) is 1.97. The highest BCUT2D eigenvalue weighted by Gasteiger charge is 2.11. The first-order valence-electron chi connectivity index (χ1n) is 5.73. The molecule has 3 nitrogen and oxygen atoms in total.